The molecule has 1 amide bonds. The first-order chi connectivity index (χ1) is 11.3. The first-order valence-electron chi connectivity index (χ1n) is 7.99. The highest BCUT2D eigenvalue weighted by Crippen LogP contribution is 2.33. The summed E-state index contributed by atoms with van der Waals surface area (Å²) in [4.78, 5) is 14.5. The minimum absolute atomic E-state index is 0.0333. The van der Waals surface area contributed by atoms with E-state index in [0.29, 0.717) is 6.54 Å². The summed E-state index contributed by atoms with van der Waals surface area (Å²) in [5.41, 5.74) is 2.06. The molecule has 1 aliphatic rings. The van der Waals surface area contributed by atoms with Crippen molar-refractivity contribution >= 4 is 11.6 Å². The van der Waals surface area contributed by atoms with Gasteiger partial charge in [-0.3, -0.25) is 9.69 Å². The zero-order valence-corrected chi connectivity index (χ0v) is 13.4. The minimum Gasteiger partial charge on any atom is -0.497 e. The van der Waals surface area contributed by atoms with Crippen LogP contribution in [0.2, 0.25) is 0 Å². The maximum absolute atomic E-state index is 12.3. The second-order valence-corrected chi connectivity index (χ2v) is 5.82. The molecule has 4 nitrogen and oxygen atoms in total. The lowest BCUT2D eigenvalue weighted by molar-refractivity contribution is -0.117. The van der Waals surface area contributed by atoms with Gasteiger partial charge in [-0.05, 0) is 49.2 Å². The van der Waals surface area contributed by atoms with Gasteiger partial charge in [0.1, 0.15) is 5.75 Å². The Morgan fingerprint density at radius 2 is 2.04 bits per heavy atom. The van der Waals surface area contributed by atoms with E-state index in [0.717, 1.165) is 30.8 Å². The first-order valence-corrected chi connectivity index (χ1v) is 7.99. The predicted octanol–water partition coefficient (Wildman–Crippen LogP) is 3.47. The second kappa shape index (κ2) is 7.29. The summed E-state index contributed by atoms with van der Waals surface area (Å²) in [7, 11) is 1.68. The van der Waals surface area contributed by atoms with Crippen LogP contribution in [-0.4, -0.2) is 31.0 Å². The van der Waals surface area contributed by atoms with Gasteiger partial charge >= 0.3 is 0 Å². The standard InChI is InChI=1S/C19H22N2O2/c1-23-17-10-5-7-15(13-17)18-11-6-12-21(18)14-19(22)20-16-8-3-2-4-9-16/h2-5,7-10,13,18H,6,11-12,14H2,1H3,(H,20,22). The molecule has 2 aromatic rings. The number of methoxy groups -OCH3 is 1. The Bertz CT molecular complexity index is 657. The average Bonchev–Trinajstić information content (AvgIpc) is 3.03. The van der Waals surface area contributed by atoms with Crippen LogP contribution in [0.4, 0.5) is 5.69 Å². The number of hydrogen-bond acceptors (Lipinski definition) is 3. The third-order valence-corrected chi connectivity index (χ3v) is 4.25. The fourth-order valence-corrected chi connectivity index (χ4v) is 3.15. The molecule has 2 aromatic carbocycles. The quantitative estimate of drug-likeness (QED) is 0.919. The van der Waals surface area contributed by atoms with Gasteiger partial charge in [-0.15, -0.1) is 0 Å². The molecule has 4 heteroatoms. The van der Waals surface area contributed by atoms with Gasteiger partial charge in [0.05, 0.1) is 13.7 Å². The zero-order chi connectivity index (χ0) is 16.1. The number of para-hydroxylation sites is 1. The van der Waals surface area contributed by atoms with Crippen molar-refractivity contribution in [1.29, 1.82) is 0 Å². The number of ether oxygens (including phenoxy) is 1. The minimum atomic E-state index is 0.0333. The van der Waals surface area contributed by atoms with Crippen molar-refractivity contribution in [3.05, 3.63) is 60.2 Å². The molecule has 1 unspecified atom stereocenters. The Morgan fingerprint density at radius 1 is 1.22 bits per heavy atom. The van der Waals surface area contributed by atoms with E-state index >= 15 is 0 Å². The van der Waals surface area contributed by atoms with Crippen LogP contribution in [0.1, 0.15) is 24.4 Å². The van der Waals surface area contributed by atoms with E-state index in [2.05, 4.69) is 22.3 Å². The molecule has 1 saturated heterocycles. The Morgan fingerprint density at radius 3 is 2.83 bits per heavy atom. The van der Waals surface area contributed by atoms with Crippen LogP contribution >= 0.6 is 0 Å². The molecule has 1 heterocycles. The topological polar surface area (TPSA) is 41.6 Å². The zero-order valence-electron chi connectivity index (χ0n) is 13.4. The molecular weight excluding hydrogens is 288 g/mol. The summed E-state index contributed by atoms with van der Waals surface area (Å²) in [6.07, 6.45) is 2.19. The summed E-state index contributed by atoms with van der Waals surface area (Å²) < 4.78 is 5.31. The van der Waals surface area contributed by atoms with Gasteiger partial charge in [-0.2, -0.15) is 0 Å². The molecule has 0 saturated carbocycles. The third-order valence-electron chi connectivity index (χ3n) is 4.25. The summed E-state index contributed by atoms with van der Waals surface area (Å²) in [5, 5.41) is 2.96. The van der Waals surface area contributed by atoms with E-state index in [4.69, 9.17) is 4.74 Å². The molecule has 120 valence electrons. The van der Waals surface area contributed by atoms with Gasteiger partial charge in [-0.1, -0.05) is 30.3 Å². The lowest BCUT2D eigenvalue weighted by Gasteiger charge is -2.24. The van der Waals surface area contributed by atoms with Crippen LogP contribution in [0.3, 0.4) is 0 Å². The van der Waals surface area contributed by atoms with Crippen molar-refractivity contribution in [1.82, 2.24) is 4.90 Å². The number of benzene rings is 2. The van der Waals surface area contributed by atoms with E-state index < -0.39 is 0 Å². The van der Waals surface area contributed by atoms with Crippen LogP contribution in [0, 0.1) is 0 Å². The number of nitrogens with one attached hydrogen (secondary N) is 1. The molecule has 1 aliphatic heterocycles. The molecule has 1 fully saturated rings. The van der Waals surface area contributed by atoms with E-state index in [9.17, 15) is 4.79 Å². The molecule has 23 heavy (non-hydrogen) atoms. The Kier molecular flexibility index (Phi) is 4.93. The van der Waals surface area contributed by atoms with Gasteiger partial charge in [0.2, 0.25) is 5.91 Å². The first kappa shape index (κ1) is 15.6. The predicted molar refractivity (Wildman–Crippen MR) is 91.6 cm³/mol. The molecule has 0 spiro atoms. The van der Waals surface area contributed by atoms with Crippen molar-refractivity contribution in [3.63, 3.8) is 0 Å². The van der Waals surface area contributed by atoms with Crippen LogP contribution in [0.15, 0.2) is 54.6 Å². The van der Waals surface area contributed by atoms with Crippen LogP contribution in [0.5, 0.6) is 5.75 Å². The highest BCUT2D eigenvalue weighted by atomic mass is 16.5. The number of carbonyl (C=O) groups excluding carboxylic acids is 1. The average molecular weight is 310 g/mol. The number of likely N-dealkylation sites (tertiary alicyclic amines) is 1. The lowest BCUT2D eigenvalue weighted by atomic mass is 10.0. The number of rotatable bonds is 5. The van der Waals surface area contributed by atoms with Crippen molar-refractivity contribution in [2.45, 2.75) is 18.9 Å². The van der Waals surface area contributed by atoms with E-state index in [-0.39, 0.29) is 11.9 Å². The smallest absolute Gasteiger partial charge is 0.238 e. The fraction of sp³-hybridized carbons (Fsp3) is 0.316. The molecule has 0 aliphatic carbocycles. The van der Waals surface area contributed by atoms with Gasteiger partial charge in [0, 0.05) is 11.7 Å². The van der Waals surface area contributed by atoms with Gasteiger partial charge in [0.15, 0.2) is 0 Å². The molecule has 0 radical (unpaired) electrons. The Balaban J connectivity index is 1.65. The number of amides is 1. The Hall–Kier alpha value is -2.33. The van der Waals surface area contributed by atoms with E-state index in [1.54, 1.807) is 7.11 Å². The summed E-state index contributed by atoms with van der Waals surface area (Å²) >= 11 is 0. The largest absolute Gasteiger partial charge is 0.497 e. The van der Waals surface area contributed by atoms with Crippen molar-refractivity contribution in [3.8, 4) is 5.75 Å². The van der Waals surface area contributed by atoms with E-state index in [1.807, 2.05) is 42.5 Å². The summed E-state index contributed by atoms with van der Waals surface area (Å²) in [6, 6.07) is 18.0. The van der Waals surface area contributed by atoms with Gasteiger partial charge in [-0.25, -0.2) is 0 Å². The Labute approximate surface area is 137 Å². The molecule has 1 N–H and O–H groups in total. The lowest BCUT2D eigenvalue weighted by Crippen LogP contribution is -2.32. The number of carbonyl (C=O) groups is 1. The van der Waals surface area contributed by atoms with Crippen molar-refractivity contribution in [2.75, 3.05) is 25.5 Å². The maximum atomic E-state index is 12.3. The monoisotopic (exact) mass is 310 g/mol. The highest BCUT2D eigenvalue weighted by Gasteiger charge is 2.27. The number of nitrogens with zero attached hydrogens (tertiary/aromatic N) is 1. The number of hydrogen-bond donors (Lipinski definition) is 1. The molecular formula is C19H22N2O2. The van der Waals surface area contributed by atoms with Gasteiger partial charge in [0.25, 0.3) is 0 Å². The van der Waals surface area contributed by atoms with Crippen LogP contribution < -0.4 is 10.1 Å². The van der Waals surface area contributed by atoms with Crippen LogP contribution in [0.25, 0.3) is 0 Å². The molecule has 3 rings (SSSR count). The third kappa shape index (κ3) is 3.90. The van der Waals surface area contributed by atoms with Gasteiger partial charge < -0.3 is 10.1 Å². The molecule has 0 bridgehead atoms. The van der Waals surface area contributed by atoms with Crippen molar-refractivity contribution < 1.29 is 9.53 Å². The molecule has 0 aromatic heterocycles. The normalized spacial score (nSPS) is 17.9. The van der Waals surface area contributed by atoms with E-state index in [1.165, 1.54) is 5.56 Å². The summed E-state index contributed by atoms with van der Waals surface area (Å²) in [6.45, 7) is 1.36. The van der Waals surface area contributed by atoms with Crippen molar-refractivity contribution in [2.24, 2.45) is 0 Å². The second-order valence-electron chi connectivity index (χ2n) is 5.82. The molecule has 1 atom stereocenters. The summed E-state index contributed by atoms with van der Waals surface area (Å²) in [5.74, 6) is 0.897. The SMILES string of the molecule is COc1cccc(C2CCCN2CC(=O)Nc2ccccc2)c1. The van der Waals surface area contributed by atoms with Crippen LogP contribution in [-0.2, 0) is 4.79 Å². The fourth-order valence-electron chi connectivity index (χ4n) is 3.15. The maximum Gasteiger partial charge on any atom is 0.238 e. The number of anilines is 1. The highest BCUT2D eigenvalue weighted by molar-refractivity contribution is 5.92.